The maximum atomic E-state index is 11.2. The standard InChI is InChI=1S/C14H24N2O/c17-14-6-5-13(15-14)10-16-8-7-11-3-1-2-4-12(11)9-16/h11-13H,1-10H2,(H,15,17)/t11-,12+,13-/m0/s1. The number of hydrogen-bond donors (Lipinski definition) is 1. The van der Waals surface area contributed by atoms with Gasteiger partial charge in [0.1, 0.15) is 0 Å². The van der Waals surface area contributed by atoms with Crippen LogP contribution in [0.25, 0.3) is 0 Å². The van der Waals surface area contributed by atoms with Crippen LogP contribution < -0.4 is 5.32 Å². The molecule has 96 valence electrons. The second-order valence-corrected chi connectivity index (χ2v) is 6.16. The van der Waals surface area contributed by atoms with Crippen molar-refractivity contribution in [3.63, 3.8) is 0 Å². The van der Waals surface area contributed by atoms with Crippen LogP contribution in [0.2, 0.25) is 0 Å². The molecule has 17 heavy (non-hydrogen) atoms. The van der Waals surface area contributed by atoms with Crippen LogP contribution in [0.15, 0.2) is 0 Å². The predicted octanol–water partition coefficient (Wildman–Crippen LogP) is 1.78. The van der Waals surface area contributed by atoms with Gasteiger partial charge in [-0.1, -0.05) is 19.3 Å². The summed E-state index contributed by atoms with van der Waals surface area (Å²) in [6.07, 6.45) is 8.99. The highest BCUT2D eigenvalue weighted by Gasteiger charge is 2.32. The first kappa shape index (κ1) is 11.5. The third-order valence-corrected chi connectivity index (χ3v) is 4.94. The van der Waals surface area contributed by atoms with Crippen molar-refractivity contribution < 1.29 is 4.79 Å². The van der Waals surface area contributed by atoms with E-state index in [0.717, 1.165) is 31.2 Å². The lowest BCUT2D eigenvalue weighted by molar-refractivity contribution is -0.119. The molecule has 3 fully saturated rings. The molecule has 3 heteroatoms. The normalized spacial score (nSPS) is 38.8. The lowest BCUT2D eigenvalue weighted by Gasteiger charge is -2.42. The Hall–Kier alpha value is -0.570. The minimum absolute atomic E-state index is 0.252. The summed E-state index contributed by atoms with van der Waals surface area (Å²) in [6.45, 7) is 3.64. The van der Waals surface area contributed by atoms with Crippen LogP contribution in [-0.4, -0.2) is 36.5 Å². The van der Waals surface area contributed by atoms with E-state index in [1.165, 1.54) is 45.2 Å². The molecule has 3 rings (SSSR count). The molecule has 0 spiro atoms. The van der Waals surface area contributed by atoms with Crippen molar-refractivity contribution in [2.24, 2.45) is 11.8 Å². The first-order chi connectivity index (χ1) is 8.31. The lowest BCUT2D eigenvalue weighted by atomic mass is 9.75. The second-order valence-electron chi connectivity index (χ2n) is 6.16. The van der Waals surface area contributed by atoms with Crippen LogP contribution >= 0.6 is 0 Å². The van der Waals surface area contributed by atoms with E-state index in [0.29, 0.717) is 6.04 Å². The smallest absolute Gasteiger partial charge is 0.220 e. The fraction of sp³-hybridized carbons (Fsp3) is 0.929. The number of rotatable bonds is 2. The molecule has 0 unspecified atom stereocenters. The van der Waals surface area contributed by atoms with E-state index in [4.69, 9.17) is 0 Å². The Morgan fingerprint density at radius 3 is 2.71 bits per heavy atom. The number of amides is 1. The summed E-state index contributed by atoms with van der Waals surface area (Å²) >= 11 is 0. The maximum absolute atomic E-state index is 11.2. The number of likely N-dealkylation sites (tertiary alicyclic amines) is 1. The van der Waals surface area contributed by atoms with E-state index in [9.17, 15) is 4.79 Å². The van der Waals surface area contributed by atoms with Gasteiger partial charge in [-0.3, -0.25) is 4.79 Å². The van der Waals surface area contributed by atoms with E-state index in [1.54, 1.807) is 0 Å². The molecule has 3 atom stereocenters. The molecule has 2 saturated heterocycles. The van der Waals surface area contributed by atoms with Gasteiger partial charge in [-0.05, 0) is 37.6 Å². The van der Waals surface area contributed by atoms with Gasteiger partial charge >= 0.3 is 0 Å². The first-order valence-electron chi connectivity index (χ1n) is 7.33. The topological polar surface area (TPSA) is 32.3 Å². The highest BCUT2D eigenvalue weighted by Crippen LogP contribution is 2.36. The fourth-order valence-corrected chi connectivity index (χ4v) is 3.97. The summed E-state index contributed by atoms with van der Waals surface area (Å²) in [7, 11) is 0. The van der Waals surface area contributed by atoms with Crippen LogP contribution in [0.5, 0.6) is 0 Å². The minimum atomic E-state index is 0.252. The molecule has 0 aromatic rings. The molecular weight excluding hydrogens is 212 g/mol. The van der Waals surface area contributed by atoms with Gasteiger partial charge in [-0.2, -0.15) is 0 Å². The van der Waals surface area contributed by atoms with Crippen molar-refractivity contribution in [1.82, 2.24) is 10.2 Å². The number of piperidine rings is 1. The molecule has 1 aliphatic carbocycles. The Labute approximate surface area is 104 Å². The van der Waals surface area contributed by atoms with Crippen molar-refractivity contribution >= 4 is 5.91 Å². The Morgan fingerprint density at radius 1 is 1.12 bits per heavy atom. The molecule has 1 amide bonds. The fourth-order valence-electron chi connectivity index (χ4n) is 3.97. The molecule has 0 aromatic carbocycles. The highest BCUT2D eigenvalue weighted by atomic mass is 16.1. The minimum Gasteiger partial charge on any atom is -0.352 e. The molecule has 3 nitrogen and oxygen atoms in total. The van der Waals surface area contributed by atoms with Gasteiger partial charge < -0.3 is 10.2 Å². The van der Waals surface area contributed by atoms with Crippen LogP contribution in [0.3, 0.4) is 0 Å². The van der Waals surface area contributed by atoms with Crippen LogP contribution in [-0.2, 0) is 4.79 Å². The molecule has 2 aliphatic heterocycles. The van der Waals surface area contributed by atoms with Crippen molar-refractivity contribution in [2.45, 2.75) is 51.0 Å². The largest absolute Gasteiger partial charge is 0.352 e. The molecule has 3 aliphatic rings. The first-order valence-corrected chi connectivity index (χ1v) is 7.33. The Bertz CT molecular complexity index is 292. The molecule has 0 bridgehead atoms. The van der Waals surface area contributed by atoms with Crippen LogP contribution in [0.1, 0.15) is 44.9 Å². The van der Waals surface area contributed by atoms with E-state index < -0.39 is 0 Å². The number of nitrogens with one attached hydrogen (secondary N) is 1. The van der Waals surface area contributed by atoms with Gasteiger partial charge in [0.25, 0.3) is 0 Å². The van der Waals surface area contributed by atoms with Crippen molar-refractivity contribution in [2.75, 3.05) is 19.6 Å². The molecule has 1 saturated carbocycles. The molecule has 1 N–H and O–H groups in total. The van der Waals surface area contributed by atoms with Crippen molar-refractivity contribution in [1.29, 1.82) is 0 Å². The quantitative estimate of drug-likeness (QED) is 0.792. The number of hydrogen-bond acceptors (Lipinski definition) is 2. The van der Waals surface area contributed by atoms with Crippen LogP contribution in [0, 0.1) is 11.8 Å². The van der Waals surface area contributed by atoms with Gasteiger partial charge in [0, 0.05) is 25.6 Å². The van der Waals surface area contributed by atoms with E-state index in [-0.39, 0.29) is 5.91 Å². The average molecular weight is 236 g/mol. The average Bonchev–Trinajstić information content (AvgIpc) is 2.75. The summed E-state index contributed by atoms with van der Waals surface area (Å²) in [5, 5.41) is 3.09. The SMILES string of the molecule is O=C1CC[C@@H](CN2CC[C@@H]3CCCC[C@@H]3C2)N1. The lowest BCUT2D eigenvalue weighted by Crippen LogP contribution is -2.46. The zero-order valence-electron chi connectivity index (χ0n) is 10.7. The van der Waals surface area contributed by atoms with Gasteiger partial charge in [0.15, 0.2) is 0 Å². The molecule has 0 aromatic heterocycles. The van der Waals surface area contributed by atoms with Gasteiger partial charge in [-0.15, -0.1) is 0 Å². The molecular formula is C14H24N2O. The number of fused-ring (bicyclic) bond motifs is 1. The summed E-state index contributed by atoms with van der Waals surface area (Å²) in [5.74, 6) is 2.22. The molecule has 0 radical (unpaired) electrons. The summed E-state index contributed by atoms with van der Waals surface area (Å²) < 4.78 is 0. The van der Waals surface area contributed by atoms with Gasteiger partial charge in [0.2, 0.25) is 5.91 Å². The van der Waals surface area contributed by atoms with Crippen LogP contribution in [0.4, 0.5) is 0 Å². The van der Waals surface area contributed by atoms with E-state index >= 15 is 0 Å². The zero-order valence-corrected chi connectivity index (χ0v) is 10.7. The third-order valence-electron chi connectivity index (χ3n) is 4.94. The Kier molecular flexibility index (Phi) is 3.37. The summed E-state index contributed by atoms with van der Waals surface area (Å²) in [4.78, 5) is 13.8. The van der Waals surface area contributed by atoms with Gasteiger partial charge in [0.05, 0.1) is 0 Å². The molecule has 2 heterocycles. The zero-order chi connectivity index (χ0) is 11.7. The third kappa shape index (κ3) is 2.65. The van der Waals surface area contributed by atoms with Gasteiger partial charge in [-0.25, -0.2) is 0 Å². The van der Waals surface area contributed by atoms with E-state index in [2.05, 4.69) is 10.2 Å². The predicted molar refractivity (Wildman–Crippen MR) is 67.7 cm³/mol. The highest BCUT2D eigenvalue weighted by molar-refractivity contribution is 5.78. The Balaban J connectivity index is 1.50. The van der Waals surface area contributed by atoms with E-state index in [1.807, 2.05) is 0 Å². The maximum Gasteiger partial charge on any atom is 0.220 e. The number of carbonyl (C=O) groups excluding carboxylic acids is 1. The second kappa shape index (κ2) is 4.97. The summed E-state index contributed by atoms with van der Waals surface area (Å²) in [6, 6.07) is 0.433. The van der Waals surface area contributed by atoms with Crippen molar-refractivity contribution in [3.8, 4) is 0 Å². The number of carbonyl (C=O) groups is 1. The monoisotopic (exact) mass is 236 g/mol. The Morgan fingerprint density at radius 2 is 1.94 bits per heavy atom. The summed E-state index contributed by atoms with van der Waals surface area (Å²) in [5.41, 5.74) is 0. The van der Waals surface area contributed by atoms with Crippen molar-refractivity contribution in [3.05, 3.63) is 0 Å². The number of nitrogens with zero attached hydrogens (tertiary/aromatic N) is 1.